The van der Waals surface area contributed by atoms with Crippen molar-refractivity contribution in [3.63, 3.8) is 0 Å². The van der Waals surface area contributed by atoms with Gasteiger partial charge in [-0.1, -0.05) is 85.7 Å². The summed E-state index contributed by atoms with van der Waals surface area (Å²) < 4.78 is 6.48. The Morgan fingerprint density at radius 1 is 1.00 bits per heavy atom. The monoisotopic (exact) mass is 477 g/mol. The molecule has 0 spiro atoms. The maximum absolute atomic E-state index is 13.4. The van der Waals surface area contributed by atoms with E-state index in [0.29, 0.717) is 5.69 Å². The maximum atomic E-state index is 13.4. The molecular formula is C31H43NO3. The van der Waals surface area contributed by atoms with E-state index in [-0.39, 0.29) is 28.4 Å². The van der Waals surface area contributed by atoms with Gasteiger partial charge in [0, 0.05) is 10.8 Å². The van der Waals surface area contributed by atoms with E-state index in [0.717, 1.165) is 47.4 Å². The lowest BCUT2D eigenvalue weighted by Crippen LogP contribution is -2.38. The van der Waals surface area contributed by atoms with Crippen molar-refractivity contribution in [3.8, 4) is 11.5 Å². The van der Waals surface area contributed by atoms with Gasteiger partial charge in [-0.3, -0.25) is 4.79 Å². The van der Waals surface area contributed by atoms with E-state index in [1.54, 1.807) is 6.07 Å². The molecule has 4 nitrogen and oxygen atoms in total. The van der Waals surface area contributed by atoms with Gasteiger partial charge in [-0.05, 0) is 65.3 Å². The number of fused-ring (bicyclic) bond motifs is 1. The van der Waals surface area contributed by atoms with Gasteiger partial charge in [0.05, 0.1) is 5.69 Å². The molecule has 4 heteroatoms. The largest absolute Gasteiger partial charge is 0.505 e. The predicted molar refractivity (Wildman–Crippen MR) is 146 cm³/mol. The van der Waals surface area contributed by atoms with Crippen LogP contribution in [0.15, 0.2) is 30.3 Å². The molecule has 2 N–H and O–H groups in total. The van der Waals surface area contributed by atoms with Crippen LogP contribution in [0.3, 0.4) is 0 Å². The van der Waals surface area contributed by atoms with Gasteiger partial charge >= 0.3 is 0 Å². The molecular weight excluding hydrogens is 434 g/mol. The summed E-state index contributed by atoms with van der Waals surface area (Å²) in [5.74, 6) is 0.555. The number of hydrogen-bond donors (Lipinski definition) is 2. The van der Waals surface area contributed by atoms with Crippen molar-refractivity contribution < 1.29 is 14.6 Å². The van der Waals surface area contributed by atoms with E-state index in [1.807, 2.05) is 32.1 Å². The minimum absolute atomic E-state index is 0.0565. The zero-order chi connectivity index (χ0) is 26.0. The highest BCUT2D eigenvalue weighted by atomic mass is 16.5. The van der Waals surface area contributed by atoms with E-state index in [9.17, 15) is 9.90 Å². The lowest BCUT2D eigenvalue weighted by Gasteiger charge is -2.32. The van der Waals surface area contributed by atoms with Crippen LogP contribution in [0.2, 0.25) is 0 Å². The molecule has 0 heterocycles. The highest BCUT2D eigenvalue weighted by molar-refractivity contribution is 5.96. The van der Waals surface area contributed by atoms with Crippen molar-refractivity contribution in [1.82, 2.24) is 0 Å². The van der Waals surface area contributed by atoms with Crippen LogP contribution in [-0.2, 0) is 15.6 Å². The fourth-order valence-corrected chi connectivity index (χ4v) is 4.39. The second-order valence-corrected chi connectivity index (χ2v) is 11.4. The number of phenolic OH excluding ortho intramolecular Hbond substituents is 1. The summed E-state index contributed by atoms with van der Waals surface area (Å²) >= 11 is 0. The summed E-state index contributed by atoms with van der Waals surface area (Å²) in [6.07, 6.45) is 7.28. The quantitative estimate of drug-likeness (QED) is 0.425. The van der Waals surface area contributed by atoms with Crippen LogP contribution in [0.5, 0.6) is 11.5 Å². The molecule has 0 saturated carbocycles. The first-order chi connectivity index (χ1) is 16.4. The molecule has 0 radical (unpaired) electrons. The summed E-state index contributed by atoms with van der Waals surface area (Å²) in [4.78, 5) is 13.4. The van der Waals surface area contributed by atoms with Gasteiger partial charge in [0.25, 0.3) is 5.91 Å². The smallest absolute Gasteiger partial charge is 0.265 e. The number of rotatable bonds is 9. The third kappa shape index (κ3) is 5.74. The molecule has 0 saturated heterocycles. The van der Waals surface area contributed by atoms with Crippen LogP contribution in [0, 0.1) is 5.92 Å². The van der Waals surface area contributed by atoms with Crippen LogP contribution >= 0.6 is 0 Å². The van der Waals surface area contributed by atoms with Gasteiger partial charge < -0.3 is 15.2 Å². The molecule has 1 aliphatic rings. The van der Waals surface area contributed by atoms with Gasteiger partial charge in [0.15, 0.2) is 6.10 Å². The van der Waals surface area contributed by atoms with E-state index >= 15 is 0 Å². The Labute approximate surface area is 211 Å². The number of phenols is 1. The zero-order valence-electron chi connectivity index (χ0n) is 22.8. The molecule has 1 amide bonds. The highest BCUT2D eigenvalue weighted by Gasteiger charge is 2.31. The molecule has 1 atom stereocenters. The van der Waals surface area contributed by atoms with E-state index < -0.39 is 6.10 Å². The van der Waals surface area contributed by atoms with Crippen molar-refractivity contribution in [2.45, 2.75) is 98.0 Å². The Kier molecular flexibility index (Phi) is 8.03. The first kappa shape index (κ1) is 26.8. The van der Waals surface area contributed by atoms with Gasteiger partial charge in [-0.25, -0.2) is 0 Å². The highest BCUT2D eigenvalue weighted by Crippen LogP contribution is 2.39. The van der Waals surface area contributed by atoms with E-state index in [4.69, 9.17) is 4.74 Å². The van der Waals surface area contributed by atoms with Crippen LogP contribution in [0.4, 0.5) is 5.69 Å². The fourth-order valence-electron chi connectivity index (χ4n) is 4.39. The predicted octanol–water partition coefficient (Wildman–Crippen LogP) is 6.16. The number of hydrogen-bond acceptors (Lipinski definition) is 3. The number of nitrogens with one attached hydrogen (secondary N) is 1. The third-order valence-electron chi connectivity index (χ3n) is 7.76. The average Bonchev–Trinajstić information content (AvgIpc) is 2.84. The SMILES string of the molecule is CCC(C)(C)c1ccc(OC(C(=O)Nc2ccc3c(c2O)=CCCC=3)C(C)C)c(C(C)(C)CC)c1. The van der Waals surface area contributed by atoms with Crippen LogP contribution in [0.1, 0.15) is 92.2 Å². The number of carbonyl (C=O) groups is 1. The van der Waals surface area contributed by atoms with Crippen LogP contribution < -0.4 is 20.5 Å². The molecule has 1 unspecified atom stereocenters. The number of amides is 1. The molecule has 1 aliphatic carbocycles. The van der Waals surface area contributed by atoms with Gasteiger partial charge in [0.1, 0.15) is 11.5 Å². The van der Waals surface area contributed by atoms with Crippen LogP contribution in [-0.4, -0.2) is 17.1 Å². The van der Waals surface area contributed by atoms with Crippen molar-refractivity contribution in [3.05, 3.63) is 51.9 Å². The topological polar surface area (TPSA) is 58.6 Å². The normalized spacial score (nSPS) is 14.5. The summed E-state index contributed by atoms with van der Waals surface area (Å²) in [7, 11) is 0. The van der Waals surface area contributed by atoms with Crippen LogP contribution in [0.25, 0.3) is 12.2 Å². The lowest BCUT2D eigenvalue weighted by molar-refractivity contribution is -0.124. The summed E-state index contributed by atoms with van der Waals surface area (Å²) in [6.45, 7) is 17.3. The Hall–Kier alpha value is -2.75. The Balaban J connectivity index is 1.95. The second-order valence-electron chi connectivity index (χ2n) is 11.4. The van der Waals surface area contributed by atoms with Crippen molar-refractivity contribution in [2.24, 2.45) is 5.92 Å². The average molecular weight is 478 g/mol. The molecule has 2 aromatic rings. The Bertz CT molecular complexity index is 1190. The molecule has 2 aromatic carbocycles. The fraction of sp³-hybridized carbons (Fsp3) is 0.516. The van der Waals surface area contributed by atoms with E-state index in [2.05, 4.69) is 65.1 Å². The zero-order valence-corrected chi connectivity index (χ0v) is 22.8. The summed E-state index contributed by atoms with van der Waals surface area (Å²) in [5, 5.41) is 15.5. The van der Waals surface area contributed by atoms with E-state index in [1.165, 1.54) is 5.56 Å². The van der Waals surface area contributed by atoms with Gasteiger partial charge in [0.2, 0.25) is 0 Å². The lowest BCUT2D eigenvalue weighted by atomic mass is 9.76. The van der Waals surface area contributed by atoms with Crippen molar-refractivity contribution >= 4 is 23.7 Å². The molecule has 0 aromatic heterocycles. The number of anilines is 1. The third-order valence-corrected chi connectivity index (χ3v) is 7.76. The Morgan fingerprint density at radius 3 is 2.29 bits per heavy atom. The Morgan fingerprint density at radius 2 is 1.66 bits per heavy atom. The van der Waals surface area contributed by atoms with Gasteiger partial charge in [-0.2, -0.15) is 0 Å². The summed E-state index contributed by atoms with van der Waals surface area (Å²) in [5.41, 5.74) is 2.78. The number of carbonyl (C=O) groups excluding carboxylic acids is 1. The van der Waals surface area contributed by atoms with Gasteiger partial charge in [-0.15, -0.1) is 0 Å². The first-order valence-corrected chi connectivity index (χ1v) is 13.1. The molecule has 0 fully saturated rings. The number of benzene rings is 2. The van der Waals surface area contributed by atoms with Crippen molar-refractivity contribution in [2.75, 3.05) is 5.32 Å². The first-order valence-electron chi connectivity index (χ1n) is 13.1. The second kappa shape index (κ2) is 10.5. The standard InChI is InChI=1S/C31H43NO3/c1-9-30(5,6)22-16-18-26(24(19-22)31(7,8)10-2)35-28(20(3)4)29(34)32-25-17-15-21-13-11-12-14-23(21)27(25)33/h13-20,28,33H,9-12H2,1-8H3,(H,32,34). The van der Waals surface area contributed by atoms with Crippen molar-refractivity contribution in [1.29, 1.82) is 0 Å². The molecule has 3 rings (SSSR count). The minimum Gasteiger partial charge on any atom is -0.505 e. The minimum atomic E-state index is -0.697. The molecule has 0 bridgehead atoms. The number of ether oxygens (including phenoxy) is 1. The maximum Gasteiger partial charge on any atom is 0.265 e. The number of aromatic hydroxyl groups is 1. The molecule has 35 heavy (non-hydrogen) atoms. The molecule has 0 aliphatic heterocycles. The molecule has 190 valence electrons. The summed E-state index contributed by atoms with van der Waals surface area (Å²) in [6, 6.07) is 10.1.